The van der Waals surface area contributed by atoms with E-state index in [0.717, 1.165) is 27.8 Å². The Kier molecular flexibility index (Phi) is 2.08. The van der Waals surface area contributed by atoms with Gasteiger partial charge in [-0.2, -0.15) is 0 Å². The molecule has 0 bridgehead atoms. The van der Waals surface area contributed by atoms with Crippen LogP contribution in [0, 0.1) is 0 Å². The lowest BCUT2D eigenvalue weighted by Gasteiger charge is -1.97. The fourth-order valence-electron chi connectivity index (χ4n) is 2.15. The third-order valence-corrected chi connectivity index (χ3v) is 3.02. The zero-order chi connectivity index (χ0) is 12.7. The molecule has 4 heteroatoms. The molecule has 19 heavy (non-hydrogen) atoms. The van der Waals surface area contributed by atoms with Crippen molar-refractivity contribution >= 4 is 22.1 Å². The molecule has 4 nitrogen and oxygen atoms in total. The van der Waals surface area contributed by atoms with E-state index in [-0.39, 0.29) is 0 Å². The van der Waals surface area contributed by atoms with Crippen LogP contribution in [0.15, 0.2) is 59.3 Å². The van der Waals surface area contributed by atoms with Crippen LogP contribution in [0.5, 0.6) is 0 Å². The molecule has 0 spiro atoms. The Morgan fingerprint density at radius 3 is 2.53 bits per heavy atom. The molecule has 0 fully saturated rings. The number of aromatic nitrogens is 3. The predicted octanol–water partition coefficient (Wildman–Crippen LogP) is 3.44. The first-order valence-corrected chi connectivity index (χ1v) is 5.97. The van der Waals surface area contributed by atoms with Crippen LogP contribution in [-0.4, -0.2) is 15.0 Å². The van der Waals surface area contributed by atoms with Gasteiger partial charge in [-0.25, -0.2) is 15.0 Å². The van der Waals surface area contributed by atoms with Crippen LogP contribution in [0.2, 0.25) is 0 Å². The van der Waals surface area contributed by atoms with Gasteiger partial charge in [-0.3, -0.25) is 0 Å². The molecule has 0 saturated carbocycles. The summed E-state index contributed by atoms with van der Waals surface area (Å²) in [7, 11) is 0. The standard InChI is InChI=1S/C15H9N3O/c1-2-5-12-10(4-1)14-13(19-12)7-6-11(18-14)15-16-8-3-9-17-15/h1-9H. The van der Waals surface area contributed by atoms with Crippen molar-refractivity contribution in [3.63, 3.8) is 0 Å². The third kappa shape index (κ3) is 1.57. The first kappa shape index (κ1) is 10.2. The van der Waals surface area contributed by atoms with Gasteiger partial charge in [0.25, 0.3) is 0 Å². The molecule has 0 amide bonds. The zero-order valence-electron chi connectivity index (χ0n) is 9.95. The minimum Gasteiger partial charge on any atom is -0.454 e. The summed E-state index contributed by atoms with van der Waals surface area (Å²) in [4.78, 5) is 13.0. The van der Waals surface area contributed by atoms with Crippen LogP contribution in [0.4, 0.5) is 0 Å². The number of furan rings is 1. The van der Waals surface area contributed by atoms with Crippen LogP contribution in [-0.2, 0) is 0 Å². The minimum absolute atomic E-state index is 0.620. The van der Waals surface area contributed by atoms with Crippen molar-refractivity contribution in [2.45, 2.75) is 0 Å². The Bertz CT molecular complexity index is 868. The fraction of sp³-hybridized carbons (Fsp3) is 0. The fourth-order valence-corrected chi connectivity index (χ4v) is 2.15. The minimum atomic E-state index is 0.620. The molecule has 4 rings (SSSR count). The smallest absolute Gasteiger partial charge is 0.178 e. The molecule has 0 aliphatic carbocycles. The summed E-state index contributed by atoms with van der Waals surface area (Å²) in [6.07, 6.45) is 3.42. The SMILES string of the molecule is c1cnc(-c2ccc3oc4ccccc4c3n2)nc1. The number of nitrogens with zero attached hydrogens (tertiary/aromatic N) is 3. The first-order chi connectivity index (χ1) is 9.42. The lowest BCUT2D eigenvalue weighted by Crippen LogP contribution is -1.89. The number of pyridine rings is 1. The largest absolute Gasteiger partial charge is 0.454 e. The Labute approximate surface area is 108 Å². The van der Waals surface area contributed by atoms with Gasteiger partial charge in [0.2, 0.25) is 0 Å². The molecular weight excluding hydrogens is 238 g/mol. The van der Waals surface area contributed by atoms with E-state index in [0.29, 0.717) is 5.82 Å². The van der Waals surface area contributed by atoms with Gasteiger partial charge >= 0.3 is 0 Å². The number of rotatable bonds is 1. The summed E-state index contributed by atoms with van der Waals surface area (Å²) in [5, 5.41) is 1.01. The highest BCUT2D eigenvalue weighted by Gasteiger charge is 2.10. The van der Waals surface area contributed by atoms with Crippen LogP contribution in [0.3, 0.4) is 0 Å². The second kappa shape index (κ2) is 3.88. The summed E-state index contributed by atoms with van der Waals surface area (Å²) in [6.45, 7) is 0. The quantitative estimate of drug-likeness (QED) is 0.517. The van der Waals surface area contributed by atoms with Gasteiger partial charge in [-0.15, -0.1) is 0 Å². The molecule has 0 atom stereocenters. The summed E-state index contributed by atoms with van der Waals surface area (Å²) >= 11 is 0. The van der Waals surface area contributed by atoms with E-state index in [1.807, 2.05) is 36.4 Å². The number of fused-ring (bicyclic) bond motifs is 3. The summed E-state index contributed by atoms with van der Waals surface area (Å²) in [5.74, 6) is 0.620. The van der Waals surface area contributed by atoms with E-state index in [2.05, 4.69) is 15.0 Å². The molecule has 0 unspecified atom stereocenters. The van der Waals surface area contributed by atoms with Crippen molar-refractivity contribution in [2.24, 2.45) is 0 Å². The van der Waals surface area contributed by atoms with E-state index >= 15 is 0 Å². The normalized spacial score (nSPS) is 11.2. The van der Waals surface area contributed by atoms with Gasteiger partial charge in [-0.1, -0.05) is 12.1 Å². The molecule has 0 radical (unpaired) electrons. The molecule has 3 heterocycles. The maximum atomic E-state index is 5.74. The lowest BCUT2D eigenvalue weighted by molar-refractivity contribution is 0.668. The average molecular weight is 247 g/mol. The van der Waals surface area contributed by atoms with Gasteiger partial charge in [0.15, 0.2) is 11.4 Å². The van der Waals surface area contributed by atoms with Crippen molar-refractivity contribution in [3.05, 3.63) is 54.9 Å². The maximum absolute atomic E-state index is 5.74. The van der Waals surface area contributed by atoms with Crippen LogP contribution in [0.1, 0.15) is 0 Å². The third-order valence-electron chi connectivity index (χ3n) is 3.02. The predicted molar refractivity (Wildman–Crippen MR) is 72.5 cm³/mol. The lowest BCUT2D eigenvalue weighted by atomic mass is 10.2. The molecule has 0 N–H and O–H groups in total. The topological polar surface area (TPSA) is 51.8 Å². The average Bonchev–Trinajstić information content (AvgIpc) is 2.86. The van der Waals surface area contributed by atoms with Crippen LogP contribution in [0.25, 0.3) is 33.6 Å². The van der Waals surface area contributed by atoms with E-state index in [9.17, 15) is 0 Å². The van der Waals surface area contributed by atoms with Gasteiger partial charge in [-0.05, 0) is 30.3 Å². The first-order valence-electron chi connectivity index (χ1n) is 5.97. The number of hydrogen-bond donors (Lipinski definition) is 0. The van der Waals surface area contributed by atoms with E-state index in [1.165, 1.54) is 0 Å². The molecule has 90 valence electrons. The molecule has 0 aliphatic heterocycles. The Morgan fingerprint density at radius 2 is 1.63 bits per heavy atom. The van der Waals surface area contributed by atoms with Crippen molar-refractivity contribution < 1.29 is 4.42 Å². The molecule has 4 aromatic rings. The molecule has 0 saturated heterocycles. The second-order valence-electron chi connectivity index (χ2n) is 4.21. The van der Waals surface area contributed by atoms with Gasteiger partial charge < -0.3 is 4.42 Å². The second-order valence-corrected chi connectivity index (χ2v) is 4.21. The molecular formula is C15H9N3O. The Morgan fingerprint density at radius 1 is 0.789 bits per heavy atom. The van der Waals surface area contributed by atoms with Crippen LogP contribution < -0.4 is 0 Å². The number of benzene rings is 1. The highest BCUT2D eigenvalue weighted by atomic mass is 16.3. The monoisotopic (exact) mass is 247 g/mol. The highest BCUT2D eigenvalue weighted by molar-refractivity contribution is 6.02. The molecule has 3 aromatic heterocycles. The molecule has 0 aliphatic rings. The van der Waals surface area contributed by atoms with Crippen molar-refractivity contribution in [2.75, 3.05) is 0 Å². The Hall–Kier alpha value is -2.75. The van der Waals surface area contributed by atoms with Crippen LogP contribution >= 0.6 is 0 Å². The van der Waals surface area contributed by atoms with Gasteiger partial charge in [0, 0.05) is 17.8 Å². The van der Waals surface area contributed by atoms with Crippen molar-refractivity contribution in [1.82, 2.24) is 15.0 Å². The van der Waals surface area contributed by atoms with E-state index < -0.39 is 0 Å². The van der Waals surface area contributed by atoms with E-state index in [4.69, 9.17) is 4.42 Å². The summed E-state index contributed by atoms with van der Waals surface area (Å²) in [6, 6.07) is 13.4. The van der Waals surface area contributed by atoms with Gasteiger partial charge in [0.1, 0.15) is 16.8 Å². The molecule has 1 aromatic carbocycles. The van der Waals surface area contributed by atoms with E-state index in [1.54, 1.807) is 18.5 Å². The summed E-state index contributed by atoms with van der Waals surface area (Å²) < 4.78 is 5.74. The van der Waals surface area contributed by atoms with Gasteiger partial charge in [0.05, 0.1) is 0 Å². The van der Waals surface area contributed by atoms with Crippen molar-refractivity contribution in [1.29, 1.82) is 0 Å². The van der Waals surface area contributed by atoms with Crippen molar-refractivity contribution in [3.8, 4) is 11.5 Å². The highest BCUT2D eigenvalue weighted by Crippen LogP contribution is 2.28. The zero-order valence-corrected chi connectivity index (χ0v) is 9.95. The number of para-hydroxylation sites is 1. The number of hydrogen-bond acceptors (Lipinski definition) is 4. The maximum Gasteiger partial charge on any atom is 0.178 e. The summed E-state index contributed by atoms with van der Waals surface area (Å²) in [5.41, 5.74) is 3.22. The Balaban J connectivity index is 2.03.